The standard InChI is InChI=1S/C7H14FNO/c1-2-6-10-7-5-9-4-3-8/h2,9H,1,3-7H2. The lowest BCUT2D eigenvalue weighted by Gasteiger charge is -2.00. The van der Waals surface area contributed by atoms with Gasteiger partial charge in [-0.05, 0) is 0 Å². The molecule has 60 valence electrons. The second kappa shape index (κ2) is 8.59. The van der Waals surface area contributed by atoms with Gasteiger partial charge in [0.05, 0.1) is 13.2 Å². The molecule has 0 heterocycles. The Bertz CT molecular complexity index is 78.0. The number of ether oxygens (including phenoxy) is 1. The van der Waals surface area contributed by atoms with Crippen molar-refractivity contribution in [2.24, 2.45) is 0 Å². The van der Waals surface area contributed by atoms with Crippen molar-refractivity contribution in [3.63, 3.8) is 0 Å². The summed E-state index contributed by atoms with van der Waals surface area (Å²) in [7, 11) is 0. The minimum Gasteiger partial charge on any atom is -0.376 e. The fourth-order valence-corrected chi connectivity index (χ4v) is 0.503. The molecule has 2 nitrogen and oxygen atoms in total. The van der Waals surface area contributed by atoms with Gasteiger partial charge in [0.1, 0.15) is 6.67 Å². The van der Waals surface area contributed by atoms with Crippen molar-refractivity contribution >= 4 is 0 Å². The maximum Gasteiger partial charge on any atom is 0.102 e. The van der Waals surface area contributed by atoms with Gasteiger partial charge in [-0.2, -0.15) is 0 Å². The Hall–Kier alpha value is -0.410. The fraction of sp³-hybridized carbons (Fsp3) is 0.714. The summed E-state index contributed by atoms with van der Waals surface area (Å²) in [6.07, 6.45) is 1.69. The molecule has 0 aromatic carbocycles. The molecule has 0 atom stereocenters. The molecule has 0 amide bonds. The van der Waals surface area contributed by atoms with E-state index >= 15 is 0 Å². The summed E-state index contributed by atoms with van der Waals surface area (Å²) in [6.45, 7) is 5.48. The lowest BCUT2D eigenvalue weighted by Crippen LogP contribution is -2.21. The molecule has 0 unspecified atom stereocenters. The normalized spacial score (nSPS) is 9.70. The Kier molecular flexibility index (Phi) is 8.24. The monoisotopic (exact) mass is 147 g/mol. The van der Waals surface area contributed by atoms with Crippen molar-refractivity contribution in [3.8, 4) is 0 Å². The molecule has 1 N–H and O–H groups in total. The molecule has 0 saturated heterocycles. The zero-order valence-electron chi connectivity index (χ0n) is 6.11. The van der Waals surface area contributed by atoms with Crippen LogP contribution in [0.2, 0.25) is 0 Å². The first kappa shape index (κ1) is 9.59. The van der Waals surface area contributed by atoms with Crippen LogP contribution in [0.25, 0.3) is 0 Å². The number of hydrogen-bond donors (Lipinski definition) is 1. The van der Waals surface area contributed by atoms with Crippen molar-refractivity contribution in [1.29, 1.82) is 0 Å². The number of rotatable bonds is 7. The van der Waals surface area contributed by atoms with Crippen LogP contribution >= 0.6 is 0 Å². The summed E-state index contributed by atoms with van der Waals surface area (Å²) in [5, 5.41) is 2.86. The molecule has 0 rings (SSSR count). The SMILES string of the molecule is C=CCOCCNCCF. The van der Waals surface area contributed by atoms with Crippen LogP contribution in [-0.2, 0) is 4.74 Å². The van der Waals surface area contributed by atoms with Crippen LogP contribution in [0.3, 0.4) is 0 Å². The molecule has 0 aliphatic carbocycles. The highest BCUT2D eigenvalue weighted by Gasteiger charge is 1.84. The van der Waals surface area contributed by atoms with Gasteiger partial charge in [0.15, 0.2) is 0 Å². The first-order valence-electron chi connectivity index (χ1n) is 3.37. The summed E-state index contributed by atoms with van der Waals surface area (Å²) in [6, 6.07) is 0. The van der Waals surface area contributed by atoms with Gasteiger partial charge < -0.3 is 10.1 Å². The molecule has 3 heteroatoms. The van der Waals surface area contributed by atoms with Crippen molar-refractivity contribution in [3.05, 3.63) is 12.7 Å². The van der Waals surface area contributed by atoms with E-state index in [2.05, 4.69) is 11.9 Å². The van der Waals surface area contributed by atoms with E-state index in [9.17, 15) is 4.39 Å². The van der Waals surface area contributed by atoms with Crippen LogP contribution in [0.5, 0.6) is 0 Å². The molecule has 0 bridgehead atoms. The number of hydrogen-bond acceptors (Lipinski definition) is 2. The van der Waals surface area contributed by atoms with Crippen LogP contribution in [0.1, 0.15) is 0 Å². The lowest BCUT2D eigenvalue weighted by molar-refractivity contribution is 0.163. The molecule has 0 aliphatic rings. The molecular formula is C7H14FNO. The van der Waals surface area contributed by atoms with Crippen molar-refractivity contribution < 1.29 is 9.13 Å². The Labute approximate surface area is 61.1 Å². The zero-order chi connectivity index (χ0) is 7.66. The molecule has 0 aromatic heterocycles. The van der Waals surface area contributed by atoms with Crippen molar-refractivity contribution in [1.82, 2.24) is 5.32 Å². The van der Waals surface area contributed by atoms with E-state index in [0.717, 1.165) is 0 Å². The maximum atomic E-state index is 11.4. The molecular weight excluding hydrogens is 133 g/mol. The van der Waals surface area contributed by atoms with E-state index in [4.69, 9.17) is 4.74 Å². The Balaban J connectivity index is 2.70. The Morgan fingerprint density at radius 2 is 2.30 bits per heavy atom. The Morgan fingerprint density at radius 3 is 2.90 bits per heavy atom. The van der Waals surface area contributed by atoms with Gasteiger partial charge in [-0.1, -0.05) is 6.08 Å². The highest BCUT2D eigenvalue weighted by molar-refractivity contribution is 4.63. The van der Waals surface area contributed by atoms with Gasteiger partial charge in [0, 0.05) is 13.1 Å². The molecule has 0 aromatic rings. The fourth-order valence-electron chi connectivity index (χ4n) is 0.503. The predicted octanol–water partition coefficient (Wildman–Crippen LogP) is 0.748. The van der Waals surface area contributed by atoms with Gasteiger partial charge in [-0.15, -0.1) is 6.58 Å². The smallest absolute Gasteiger partial charge is 0.102 e. The van der Waals surface area contributed by atoms with E-state index < -0.39 is 0 Å². The lowest BCUT2D eigenvalue weighted by atomic mass is 10.6. The maximum absolute atomic E-state index is 11.4. The zero-order valence-corrected chi connectivity index (χ0v) is 6.11. The summed E-state index contributed by atoms with van der Waals surface area (Å²) in [4.78, 5) is 0. The summed E-state index contributed by atoms with van der Waals surface area (Å²) >= 11 is 0. The first-order valence-corrected chi connectivity index (χ1v) is 3.37. The third-order valence-corrected chi connectivity index (χ3v) is 0.930. The van der Waals surface area contributed by atoms with Crippen LogP contribution in [0.15, 0.2) is 12.7 Å². The highest BCUT2D eigenvalue weighted by atomic mass is 19.1. The Morgan fingerprint density at radius 1 is 1.50 bits per heavy atom. The molecule has 0 saturated carbocycles. The number of nitrogens with one attached hydrogen (secondary N) is 1. The number of alkyl halides is 1. The van der Waals surface area contributed by atoms with E-state index in [1.807, 2.05) is 0 Å². The average Bonchev–Trinajstić information content (AvgIpc) is 1.97. The molecule has 0 radical (unpaired) electrons. The minimum atomic E-state index is -0.318. The molecule has 10 heavy (non-hydrogen) atoms. The van der Waals surface area contributed by atoms with E-state index in [0.29, 0.717) is 26.3 Å². The largest absolute Gasteiger partial charge is 0.376 e. The molecule has 0 aliphatic heterocycles. The number of halogens is 1. The third-order valence-electron chi connectivity index (χ3n) is 0.930. The predicted molar refractivity (Wildman–Crippen MR) is 39.9 cm³/mol. The quantitative estimate of drug-likeness (QED) is 0.424. The minimum absolute atomic E-state index is 0.318. The van der Waals surface area contributed by atoms with Crippen LogP contribution < -0.4 is 5.32 Å². The van der Waals surface area contributed by atoms with Crippen molar-refractivity contribution in [2.45, 2.75) is 0 Å². The van der Waals surface area contributed by atoms with Crippen LogP contribution in [-0.4, -0.2) is 33.0 Å². The van der Waals surface area contributed by atoms with Crippen LogP contribution in [0.4, 0.5) is 4.39 Å². The van der Waals surface area contributed by atoms with E-state index in [-0.39, 0.29) is 6.67 Å². The van der Waals surface area contributed by atoms with Gasteiger partial charge in [0.25, 0.3) is 0 Å². The topological polar surface area (TPSA) is 21.3 Å². The van der Waals surface area contributed by atoms with Gasteiger partial charge in [0.2, 0.25) is 0 Å². The molecule has 0 spiro atoms. The van der Waals surface area contributed by atoms with E-state index in [1.165, 1.54) is 0 Å². The van der Waals surface area contributed by atoms with Gasteiger partial charge >= 0.3 is 0 Å². The second-order valence-corrected chi connectivity index (χ2v) is 1.80. The second-order valence-electron chi connectivity index (χ2n) is 1.80. The van der Waals surface area contributed by atoms with Gasteiger partial charge in [-0.3, -0.25) is 0 Å². The highest BCUT2D eigenvalue weighted by Crippen LogP contribution is 1.72. The molecule has 0 fully saturated rings. The first-order chi connectivity index (χ1) is 4.91. The van der Waals surface area contributed by atoms with Crippen LogP contribution in [0, 0.1) is 0 Å². The summed E-state index contributed by atoms with van der Waals surface area (Å²) in [5.74, 6) is 0. The summed E-state index contributed by atoms with van der Waals surface area (Å²) < 4.78 is 16.5. The van der Waals surface area contributed by atoms with Gasteiger partial charge in [-0.25, -0.2) is 4.39 Å². The van der Waals surface area contributed by atoms with Crippen molar-refractivity contribution in [2.75, 3.05) is 33.0 Å². The van der Waals surface area contributed by atoms with E-state index in [1.54, 1.807) is 6.08 Å². The summed E-state index contributed by atoms with van der Waals surface area (Å²) in [5.41, 5.74) is 0. The third kappa shape index (κ3) is 7.59. The average molecular weight is 147 g/mol.